The number of nitrogens with zero attached hydrogens (tertiary/aromatic N) is 2. The van der Waals surface area contributed by atoms with Gasteiger partial charge in [0, 0.05) is 17.7 Å². The van der Waals surface area contributed by atoms with E-state index >= 15 is 0 Å². The SMILES string of the molecule is CCC(O)(CC)C(=O)N[C@H]1Cc2ccc3c(c2)C2(c4ccccc4N[C@H]2O3)c2oc(nc2-c2nc(C)c(C)o2)[C@H](C(C)C)NC1=O. The standard InChI is InChI=1S/C35H39N5O6/c1-7-34(43,8-2)32(42)37-24-16-20-13-14-25-22(15-20)35(21-11-9-10-12-23(21)38-33(35)45-25)28-27(31-36-18(5)19(6)44-31)40-30(46-28)26(17(3)4)39-29(24)41/h9-15,17,24,26,33,38,43H,7-8,16H2,1-6H3,(H,37,42)(H,39,41)/t24-,26-,33-,35?/m0/s1. The normalized spacial score (nSPS) is 23.0. The fraction of sp³-hybridized carbons (Fsp3) is 0.429. The number of rotatable bonds is 6. The van der Waals surface area contributed by atoms with Gasteiger partial charge in [-0.15, -0.1) is 0 Å². The minimum atomic E-state index is -1.59. The van der Waals surface area contributed by atoms with Crippen molar-refractivity contribution in [3.8, 4) is 17.3 Å². The zero-order chi connectivity index (χ0) is 32.5. The molecule has 4 bridgehead atoms. The highest BCUT2D eigenvalue weighted by molar-refractivity contribution is 5.91. The lowest BCUT2D eigenvalue weighted by Crippen LogP contribution is -2.55. The smallest absolute Gasteiger partial charge is 0.252 e. The van der Waals surface area contributed by atoms with Crippen molar-refractivity contribution < 1.29 is 28.3 Å². The highest BCUT2D eigenvalue weighted by Crippen LogP contribution is 2.59. The van der Waals surface area contributed by atoms with E-state index in [1.54, 1.807) is 13.8 Å². The lowest BCUT2D eigenvalue weighted by molar-refractivity contribution is -0.143. The quantitative estimate of drug-likeness (QED) is 0.236. The molecule has 2 amide bonds. The van der Waals surface area contributed by atoms with Crippen molar-refractivity contribution in [3.63, 3.8) is 0 Å². The molecule has 2 aromatic heterocycles. The molecule has 7 rings (SSSR count). The number of hydrogen-bond donors (Lipinski definition) is 4. The van der Waals surface area contributed by atoms with Gasteiger partial charge in [0.1, 0.15) is 34.6 Å². The summed E-state index contributed by atoms with van der Waals surface area (Å²) in [7, 11) is 0. The van der Waals surface area contributed by atoms with E-state index in [0.29, 0.717) is 28.9 Å². The molecule has 1 unspecified atom stereocenters. The number of aliphatic hydroxyl groups is 1. The van der Waals surface area contributed by atoms with Crippen LogP contribution >= 0.6 is 0 Å². The summed E-state index contributed by atoms with van der Waals surface area (Å²) in [5, 5.41) is 20.5. The number of carbonyl (C=O) groups excluding carboxylic acids is 2. The average molecular weight is 626 g/mol. The highest BCUT2D eigenvalue weighted by atomic mass is 16.5. The number of nitrogens with one attached hydrogen (secondary N) is 3. The molecule has 0 aliphatic carbocycles. The molecule has 4 atom stereocenters. The van der Waals surface area contributed by atoms with Crippen molar-refractivity contribution >= 4 is 17.5 Å². The van der Waals surface area contributed by atoms with Crippen LogP contribution in [0.5, 0.6) is 5.75 Å². The third-order valence-corrected chi connectivity index (χ3v) is 9.86. The molecule has 3 aliphatic heterocycles. The molecular formula is C35H39N5O6. The number of para-hydroxylation sites is 1. The van der Waals surface area contributed by atoms with Crippen molar-refractivity contribution in [3.05, 3.63) is 82.3 Å². The van der Waals surface area contributed by atoms with Gasteiger partial charge in [-0.25, -0.2) is 9.97 Å². The average Bonchev–Trinajstić information content (AvgIpc) is 3.78. The third kappa shape index (κ3) is 4.35. The summed E-state index contributed by atoms with van der Waals surface area (Å²) in [6.45, 7) is 11.2. The Balaban J connectivity index is 1.48. The maximum Gasteiger partial charge on any atom is 0.252 e. The number of anilines is 1. The second-order valence-electron chi connectivity index (χ2n) is 12.9. The Labute approximate surface area is 267 Å². The van der Waals surface area contributed by atoms with Crippen LogP contribution in [-0.2, 0) is 21.4 Å². The maximum atomic E-state index is 14.0. The Morgan fingerprint density at radius 2 is 1.85 bits per heavy atom. The van der Waals surface area contributed by atoms with Gasteiger partial charge in [0.05, 0.1) is 5.69 Å². The van der Waals surface area contributed by atoms with Crippen LogP contribution in [0.2, 0.25) is 0 Å². The Morgan fingerprint density at radius 1 is 1.09 bits per heavy atom. The van der Waals surface area contributed by atoms with Gasteiger partial charge in [-0.2, -0.15) is 0 Å². The van der Waals surface area contributed by atoms with Crippen molar-refractivity contribution in [2.45, 2.75) is 90.1 Å². The molecule has 1 spiro atoms. The number of fused-ring (bicyclic) bond motifs is 4. The Bertz CT molecular complexity index is 1840. The zero-order valence-corrected chi connectivity index (χ0v) is 26.9. The second-order valence-corrected chi connectivity index (χ2v) is 12.9. The van der Waals surface area contributed by atoms with Gasteiger partial charge in [-0.05, 0) is 55.9 Å². The van der Waals surface area contributed by atoms with Crippen molar-refractivity contribution in [1.29, 1.82) is 0 Å². The van der Waals surface area contributed by atoms with Crippen LogP contribution in [0.15, 0.2) is 51.3 Å². The summed E-state index contributed by atoms with van der Waals surface area (Å²) in [4.78, 5) is 37.1. The first-order valence-corrected chi connectivity index (χ1v) is 16.0. The summed E-state index contributed by atoms with van der Waals surface area (Å²) in [5.41, 5.74) is 2.07. The van der Waals surface area contributed by atoms with E-state index in [1.807, 2.05) is 64.1 Å². The predicted molar refractivity (Wildman–Crippen MR) is 169 cm³/mol. The Morgan fingerprint density at radius 3 is 2.54 bits per heavy atom. The van der Waals surface area contributed by atoms with Gasteiger partial charge in [0.25, 0.3) is 5.91 Å². The summed E-state index contributed by atoms with van der Waals surface area (Å²) in [5.74, 6) is 1.28. The summed E-state index contributed by atoms with van der Waals surface area (Å²) >= 11 is 0. The first-order valence-electron chi connectivity index (χ1n) is 16.0. The molecule has 240 valence electrons. The molecule has 11 nitrogen and oxygen atoms in total. The van der Waals surface area contributed by atoms with Crippen LogP contribution < -0.4 is 20.7 Å². The van der Waals surface area contributed by atoms with Gasteiger partial charge in [-0.1, -0.05) is 58.0 Å². The first kappa shape index (κ1) is 30.0. The van der Waals surface area contributed by atoms with Gasteiger partial charge in [-0.3, -0.25) is 9.59 Å². The van der Waals surface area contributed by atoms with Gasteiger partial charge >= 0.3 is 0 Å². The van der Waals surface area contributed by atoms with E-state index in [-0.39, 0.29) is 31.1 Å². The van der Waals surface area contributed by atoms with Gasteiger partial charge < -0.3 is 34.6 Å². The molecule has 3 aliphatic rings. The number of aryl methyl sites for hydroxylation is 2. The molecule has 0 fully saturated rings. The topological polar surface area (TPSA) is 152 Å². The van der Waals surface area contributed by atoms with Gasteiger partial charge in [0.2, 0.25) is 17.7 Å². The van der Waals surface area contributed by atoms with E-state index in [2.05, 4.69) is 22.0 Å². The fourth-order valence-electron chi connectivity index (χ4n) is 6.89. The molecule has 4 N–H and O–H groups in total. The monoisotopic (exact) mass is 625 g/mol. The molecule has 0 saturated carbocycles. The molecule has 5 heterocycles. The lowest BCUT2D eigenvalue weighted by atomic mass is 9.72. The second kappa shape index (κ2) is 10.7. The highest BCUT2D eigenvalue weighted by Gasteiger charge is 2.61. The molecule has 0 saturated heterocycles. The van der Waals surface area contributed by atoms with Crippen molar-refractivity contribution in [1.82, 2.24) is 20.6 Å². The summed E-state index contributed by atoms with van der Waals surface area (Å²) < 4.78 is 19.6. The number of amides is 2. The van der Waals surface area contributed by atoms with E-state index in [4.69, 9.17) is 23.5 Å². The summed E-state index contributed by atoms with van der Waals surface area (Å²) in [6.07, 6.45) is 0.0482. The maximum absolute atomic E-state index is 14.0. The van der Waals surface area contributed by atoms with E-state index in [1.165, 1.54) is 0 Å². The fourth-order valence-corrected chi connectivity index (χ4v) is 6.89. The Hall–Kier alpha value is -4.64. The molecule has 46 heavy (non-hydrogen) atoms. The number of aromatic nitrogens is 2. The third-order valence-electron chi connectivity index (χ3n) is 9.86. The van der Waals surface area contributed by atoms with E-state index in [9.17, 15) is 14.7 Å². The van der Waals surface area contributed by atoms with Crippen LogP contribution in [0.1, 0.15) is 86.4 Å². The first-order chi connectivity index (χ1) is 22.0. The van der Waals surface area contributed by atoms with Crippen LogP contribution in [-0.4, -0.2) is 44.8 Å². The van der Waals surface area contributed by atoms with Crippen molar-refractivity contribution in [2.24, 2.45) is 5.92 Å². The van der Waals surface area contributed by atoms with Gasteiger partial charge in [0.15, 0.2) is 17.7 Å². The minimum absolute atomic E-state index is 0.144. The number of ether oxygens (including phenoxy) is 1. The number of carbonyl (C=O) groups is 2. The van der Waals surface area contributed by atoms with Crippen LogP contribution in [0.25, 0.3) is 11.6 Å². The van der Waals surface area contributed by atoms with E-state index in [0.717, 1.165) is 28.1 Å². The minimum Gasteiger partial charge on any atom is -0.469 e. The van der Waals surface area contributed by atoms with Crippen molar-refractivity contribution in [2.75, 3.05) is 5.32 Å². The molecule has 11 heteroatoms. The van der Waals surface area contributed by atoms with Crippen LogP contribution in [0.3, 0.4) is 0 Å². The van der Waals surface area contributed by atoms with Crippen LogP contribution in [0, 0.1) is 19.8 Å². The molecule has 2 aromatic carbocycles. The Kier molecular flexibility index (Phi) is 7.00. The largest absolute Gasteiger partial charge is 0.469 e. The summed E-state index contributed by atoms with van der Waals surface area (Å²) in [6, 6.07) is 12.2. The molecule has 0 radical (unpaired) electrons. The predicted octanol–water partition coefficient (Wildman–Crippen LogP) is 4.83. The number of oxazole rings is 2. The molecular weight excluding hydrogens is 586 g/mol. The lowest BCUT2D eigenvalue weighted by Gasteiger charge is -2.30. The molecule has 4 aromatic rings. The number of benzene rings is 2. The number of hydrogen-bond acceptors (Lipinski definition) is 9. The zero-order valence-electron chi connectivity index (χ0n) is 26.9. The van der Waals surface area contributed by atoms with E-state index < -0.39 is 41.1 Å². The van der Waals surface area contributed by atoms with Crippen LogP contribution in [0.4, 0.5) is 5.69 Å².